The Balaban J connectivity index is 1.71. The first-order valence-electron chi connectivity index (χ1n) is 15.1. The lowest BCUT2D eigenvalue weighted by molar-refractivity contribution is -0.137. The number of carbonyl (C=O) groups is 2. The number of aryl methyl sites for hydroxylation is 3. The number of nitrogens with zero attached hydrogens (tertiary/aromatic N) is 2. The molecule has 1 aliphatic rings. The Morgan fingerprint density at radius 3 is 2.22 bits per heavy atom. The van der Waals surface area contributed by atoms with Gasteiger partial charge in [-0.15, -0.1) is 0 Å². The summed E-state index contributed by atoms with van der Waals surface area (Å²) in [6.07, 6.45) is 1.45. The van der Waals surface area contributed by atoms with Gasteiger partial charge in [-0.2, -0.15) is 0 Å². The molecule has 2 aromatic carbocycles. The van der Waals surface area contributed by atoms with Crippen LogP contribution >= 0.6 is 31.9 Å². The van der Waals surface area contributed by atoms with Crippen molar-refractivity contribution in [3.63, 3.8) is 0 Å². The average molecular weight is 761 g/mol. The van der Waals surface area contributed by atoms with Crippen molar-refractivity contribution in [2.24, 2.45) is 5.92 Å². The Kier molecular flexibility index (Phi) is 11.1. The van der Waals surface area contributed by atoms with Gasteiger partial charge in [0, 0.05) is 12.5 Å². The van der Waals surface area contributed by atoms with Gasteiger partial charge in [0.25, 0.3) is 5.91 Å². The van der Waals surface area contributed by atoms with Crippen molar-refractivity contribution < 1.29 is 23.5 Å². The second kappa shape index (κ2) is 14.1. The van der Waals surface area contributed by atoms with Crippen molar-refractivity contribution in [1.29, 1.82) is 0 Å². The minimum atomic E-state index is -2.26. The second-order valence-corrected chi connectivity index (χ2v) is 19.7. The Bertz CT molecular complexity index is 1570. The first-order chi connectivity index (χ1) is 21.1. The fourth-order valence-corrected chi connectivity index (χ4v) is 7.75. The van der Waals surface area contributed by atoms with E-state index in [1.807, 2.05) is 54.8 Å². The summed E-state index contributed by atoms with van der Waals surface area (Å²) in [7, 11) is -0.921. The summed E-state index contributed by atoms with van der Waals surface area (Å²) in [5.41, 5.74) is 5.81. The summed E-state index contributed by atoms with van der Waals surface area (Å²) in [4.78, 5) is 29.2. The van der Waals surface area contributed by atoms with Crippen molar-refractivity contribution in [1.82, 2.24) is 9.47 Å². The van der Waals surface area contributed by atoms with E-state index in [1.54, 1.807) is 6.07 Å². The maximum Gasteiger partial charge on any atom is 0.354 e. The van der Waals surface area contributed by atoms with Crippen LogP contribution in [0.15, 0.2) is 69.4 Å². The zero-order valence-electron chi connectivity index (χ0n) is 27.7. The van der Waals surface area contributed by atoms with Crippen LogP contribution in [0.3, 0.4) is 0 Å². The van der Waals surface area contributed by atoms with Crippen molar-refractivity contribution in [2.75, 3.05) is 20.3 Å². The van der Waals surface area contributed by atoms with E-state index in [0.717, 1.165) is 32.4 Å². The number of rotatable bonds is 10. The van der Waals surface area contributed by atoms with Crippen molar-refractivity contribution in [3.05, 3.63) is 97.3 Å². The molecule has 10 heteroatoms. The summed E-state index contributed by atoms with van der Waals surface area (Å²) in [5, 5.41) is -0.0448. The molecule has 0 aliphatic carbocycles. The summed E-state index contributed by atoms with van der Waals surface area (Å²) < 4.78 is 21.7. The molecule has 0 saturated carbocycles. The summed E-state index contributed by atoms with van der Waals surface area (Å²) in [6, 6.07) is 16.0. The molecule has 2 heterocycles. The maximum absolute atomic E-state index is 14.5. The molecule has 2 atom stereocenters. The molecular formula is C35H44Br2N2O5Si. The van der Waals surface area contributed by atoms with E-state index in [-0.39, 0.29) is 35.2 Å². The number of amides is 1. The third-order valence-corrected chi connectivity index (χ3v) is 15.2. The number of carbonyl (C=O) groups excluding carboxylic acids is 2. The fourth-order valence-electron chi connectivity index (χ4n) is 5.52. The van der Waals surface area contributed by atoms with Crippen LogP contribution in [0.5, 0.6) is 0 Å². The third-order valence-electron chi connectivity index (χ3n) is 8.80. The van der Waals surface area contributed by atoms with Gasteiger partial charge in [0.2, 0.25) is 0 Å². The van der Waals surface area contributed by atoms with Crippen LogP contribution in [0.2, 0.25) is 18.1 Å². The standard InChI is InChI=1S/C35H44Br2N2O5Si/c1-22-15-23(2)31(24(3)16-22)39-28(18-27(36)32(39)37)33(40)38-19-26(17-29(38)34(41)42-7)30(44-45(8,9)35(4,5)6)21-43-20-25-13-11-10-12-14-25/h10-18,26,30H,19-21H2,1-9H3. The minimum absolute atomic E-state index is 0.0448. The molecule has 1 aromatic heterocycles. The van der Waals surface area contributed by atoms with Crippen molar-refractivity contribution >= 4 is 52.1 Å². The lowest BCUT2D eigenvalue weighted by Gasteiger charge is -2.40. The summed E-state index contributed by atoms with van der Waals surface area (Å²) in [5.74, 6) is -1.16. The van der Waals surface area contributed by atoms with Crippen LogP contribution in [0, 0.1) is 26.7 Å². The Morgan fingerprint density at radius 1 is 1.02 bits per heavy atom. The fraction of sp³-hybridized carbons (Fsp3) is 0.429. The maximum atomic E-state index is 14.5. The first kappa shape index (κ1) is 35.4. The van der Waals surface area contributed by atoms with E-state index < -0.39 is 14.3 Å². The number of aromatic nitrogens is 1. The molecule has 3 aromatic rings. The lowest BCUT2D eigenvalue weighted by Crippen LogP contribution is -2.48. The van der Waals surface area contributed by atoms with Gasteiger partial charge in [0.1, 0.15) is 16.0 Å². The van der Waals surface area contributed by atoms with Crippen molar-refractivity contribution in [2.45, 2.75) is 72.4 Å². The highest BCUT2D eigenvalue weighted by atomic mass is 79.9. The number of benzene rings is 2. The van der Waals surface area contributed by atoms with Gasteiger partial charge in [-0.05, 0) is 99.6 Å². The number of halogens is 2. The topological polar surface area (TPSA) is 70.0 Å². The third kappa shape index (κ3) is 7.73. The van der Waals surface area contributed by atoms with Crippen LogP contribution in [0.4, 0.5) is 0 Å². The zero-order chi connectivity index (χ0) is 33.3. The Morgan fingerprint density at radius 2 is 1.64 bits per heavy atom. The molecule has 1 amide bonds. The van der Waals surface area contributed by atoms with E-state index in [0.29, 0.717) is 23.5 Å². The number of esters is 1. The van der Waals surface area contributed by atoms with Gasteiger partial charge in [0.05, 0.1) is 36.6 Å². The van der Waals surface area contributed by atoms with Crippen LogP contribution in [0.25, 0.3) is 5.69 Å². The minimum Gasteiger partial charge on any atom is -0.464 e. The van der Waals surface area contributed by atoms with Crippen molar-refractivity contribution in [3.8, 4) is 5.69 Å². The zero-order valence-corrected chi connectivity index (χ0v) is 31.8. The summed E-state index contributed by atoms with van der Waals surface area (Å²) >= 11 is 7.32. The highest BCUT2D eigenvalue weighted by Crippen LogP contribution is 2.40. The quantitative estimate of drug-likeness (QED) is 0.153. The van der Waals surface area contributed by atoms with Crippen LogP contribution < -0.4 is 0 Å². The molecule has 0 spiro atoms. The predicted octanol–water partition coefficient (Wildman–Crippen LogP) is 8.66. The molecule has 0 fully saturated rings. The molecule has 0 radical (unpaired) electrons. The molecule has 242 valence electrons. The highest BCUT2D eigenvalue weighted by molar-refractivity contribution is 9.13. The molecule has 1 aliphatic heterocycles. The highest BCUT2D eigenvalue weighted by Gasteiger charge is 2.44. The number of hydrogen-bond donors (Lipinski definition) is 0. The molecular weight excluding hydrogens is 716 g/mol. The molecule has 0 bridgehead atoms. The Labute approximate surface area is 285 Å². The molecule has 7 nitrogen and oxygen atoms in total. The lowest BCUT2D eigenvalue weighted by atomic mass is 10.0. The largest absolute Gasteiger partial charge is 0.464 e. The van der Waals surface area contributed by atoms with Gasteiger partial charge in [-0.25, -0.2) is 4.79 Å². The van der Waals surface area contributed by atoms with Gasteiger partial charge in [-0.3, -0.25) is 9.36 Å². The van der Waals surface area contributed by atoms with Gasteiger partial charge >= 0.3 is 5.97 Å². The van der Waals surface area contributed by atoms with E-state index in [2.05, 4.69) is 84.8 Å². The van der Waals surface area contributed by atoms with E-state index in [9.17, 15) is 9.59 Å². The van der Waals surface area contributed by atoms with E-state index >= 15 is 0 Å². The van der Waals surface area contributed by atoms with E-state index in [4.69, 9.17) is 13.9 Å². The normalized spacial score (nSPS) is 16.1. The number of ether oxygens (including phenoxy) is 2. The van der Waals surface area contributed by atoms with Crippen LogP contribution in [-0.2, 0) is 25.3 Å². The molecule has 0 N–H and O–H groups in total. The molecule has 4 rings (SSSR count). The molecule has 2 unspecified atom stereocenters. The van der Waals surface area contributed by atoms with E-state index in [1.165, 1.54) is 12.0 Å². The smallest absolute Gasteiger partial charge is 0.354 e. The SMILES string of the molecule is COC(=O)C1=CC(C(COCc2ccccc2)O[Si](C)(C)C(C)(C)C)CN1C(=O)c1cc(Br)c(Br)n1-c1c(C)cc(C)cc1C. The van der Waals surface area contributed by atoms with Gasteiger partial charge in [-0.1, -0.05) is 68.8 Å². The first-order valence-corrected chi connectivity index (χ1v) is 19.6. The summed E-state index contributed by atoms with van der Waals surface area (Å²) in [6.45, 7) is 18.1. The molecule has 0 saturated heterocycles. The van der Waals surface area contributed by atoms with Gasteiger partial charge in [0.15, 0.2) is 8.32 Å². The van der Waals surface area contributed by atoms with Crippen LogP contribution in [-0.4, -0.2) is 56.0 Å². The van der Waals surface area contributed by atoms with Crippen LogP contribution in [0.1, 0.15) is 53.5 Å². The Hall–Kier alpha value is -2.50. The average Bonchev–Trinajstić information content (AvgIpc) is 3.53. The second-order valence-electron chi connectivity index (χ2n) is 13.3. The molecule has 45 heavy (non-hydrogen) atoms. The monoisotopic (exact) mass is 758 g/mol. The predicted molar refractivity (Wildman–Crippen MR) is 188 cm³/mol. The van der Waals surface area contributed by atoms with Gasteiger partial charge < -0.3 is 18.8 Å². The number of hydrogen-bond acceptors (Lipinski definition) is 5. The number of methoxy groups -OCH3 is 1.